The summed E-state index contributed by atoms with van der Waals surface area (Å²) < 4.78 is 31.4. The van der Waals surface area contributed by atoms with Gasteiger partial charge in [0.15, 0.2) is 0 Å². The highest BCUT2D eigenvalue weighted by Crippen LogP contribution is 2.42. The summed E-state index contributed by atoms with van der Waals surface area (Å²) in [7, 11) is 0. The van der Waals surface area contributed by atoms with Gasteiger partial charge in [0, 0.05) is 0 Å². The summed E-state index contributed by atoms with van der Waals surface area (Å²) in [5.41, 5.74) is 3.12. The van der Waals surface area contributed by atoms with Gasteiger partial charge in [-0.1, -0.05) is 91.0 Å². The molecule has 5 rings (SSSR count). The normalized spacial score (nSPS) is 28.1. The van der Waals surface area contributed by atoms with E-state index in [1.165, 1.54) is 0 Å². The maximum Gasteiger partial charge on any atom is 0.222 e. The van der Waals surface area contributed by atoms with Gasteiger partial charge in [0.25, 0.3) is 0 Å². The molecule has 0 spiro atoms. The van der Waals surface area contributed by atoms with Crippen LogP contribution in [0.3, 0.4) is 0 Å². The van der Waals surface area contributed by atoms with Crippen LogP contribution in [-0.2, 0) is 43.5 Å². The van der Waals surface area contributed by atoms with Crippen LogP contribution in [-0.4, -0.2) is 48.5 Å². The largest absolute Gasteiger partial charge is 0.391 e. The molecule has 0 unspecified atom stereocenters. The fourth-order valence-corrected chi connectivity index (χ4v) is 4.57. The van der Waals surface area contributed by atoms with Gasteiger partial charge in [-0.05, 0) is 16.7 Å². The molecule has 0 aliphatic carbocycles. The zero-order valence-corrected chi connectivity index (χ0v) is 19.0. The van der Waals surface area contributed by atoms with E-state index in [4.69, 9.17) is 23.7 Å². The van der Waals surface area contributed by atoms with Gasteiger partial charge in [0.05, 0.1) is 26.4 Å². The van der Waals surface area contributed by atoms with Gasteiger partial charge in [-0.3, -0.25) is 0 Å². The fourth-order valence-electron chi connectivity index (χ4n) is 4.57. The van der Waals surface area contributed by atoms with Crippen LogP contribution in [0, 0.1) is 0 Å². The molecule has 0 amide bonds. The van der Waals surface area contributed by atoms with Crippen LogP contribution in [0.25, 0.3) is 0 Å². The molecule has 2 aliphatic rings. The van der Waals surface area contributed by atoms with Crippen LogP contribution in [0.4, 0.5) is 0 Å². The van der Waals surface area contributed by atoms with Crippen molar-refractivity contribution in [1.29, 1.82) is 0 Å². The highest BCUT2D eigenvalue weighted by molar-refractivity contribution is 5.16. The second-order valence-electron chi connectivity index (χ2n) is 8.68. The molecule has 2 saturated heterocycles. The van der Waals surface area contributed by atoms with Crippen LogP contribution in [0.1, 0.15) is 16.7 Å². The smallest absolute Gasteiger partial charge is 0.222 e. The Morgan fingerprint density at radius 2 is 1.15 bits per heavy atom. The van der Waals surface area contributed by atoms with Gasteiger partial charge in [0.2, 0.25) is 5.79 Å². The molecule has 3 aromatic carbocycles. The average molecular weight is 463 g/mol. The van der Waals surface area contributed by atoms with Crippen LogP contribution in [0.5, 0.6) is 0 Å². The molecular formula is C28H30O6. The van der Waals surface area contributed by atoms with E-state index >= 15 is 0 Å². The number of aliphatic hydroxyl groups is 1. The fraction of sp³-hybridized carbons (Fsp3) is 0.357. The van der Waals surface area contributed by atoms with Gasteiger partial charge >= 0.3 is 0 Å². The third kappa shape index (κ3) is 5.08. The highest BCUT2D eigenvalue weighted by atomic mass is 16.8. The van der Waals surface area contributed by atoms with Crippen LogP contribution in [0.2, 0.25) is 0 Å². The molecule has 178 valence electrons. The zero-order valence-electron chi connectivity index (χ0n) is 19.0. The van der Waals surface area contributed by atoms with Crippen molar-refractivity contribution in [2.24, 2.45) is 0 Å². The molecule has 2 fully saturated rings. The Morgan fingerprint density at radius 1 is 0.676 bits per heavy atom. The Balaban J connectivity index is 1.40. The van der Waals surface area contributed by atoms with Gasteiger partial charge in [-0.2, -0.15) is 0 Å². The van der Waals surface area contributed by atoms with E-state index in [0.717, 1.165) is 16.7 Å². The maximum atomic E-state index is 10.3. The first-order valence-corrected chi connectivity index (χ1v) is 11.7. The lowest BCUT2D eigenvalue weighted by atomic mass is 9.94. The van der Waals surface area contributed by atoms with Crippen molar-refractivity contribution in [3.8, 4) is 0 Å². The third-order valence-corrected chi connectivity index (χ3v) is 6.33. The summed E-state index contributed by atoms with van der Waals surface area (Å²) in [6, 6.07) is 29.9. The van der Waals surface area contributed by atoms with Crippen LogP contribution in [0.15, 0.2) is 91.0 Å². The standard InChI is InChI=1S/C28H30O6/c29-20-28-27(32-18-23-14-8-3-9-15-23)26(31-17-22-12-6-2-7-13-22)25(24(34-28)19-33-28)30-16-21-10-4-1-5-11-21/h1-15,24-27,29H,16-20H2/t24-,25-,26+,27-,28+/m1/s1. The molecule has 0 saturated carbocycles. The number of aliphatic hydroxyl groups excluding tert-OH is 1. The van der Waals surface area contributed by atoms with Crippen molar-refractivity contribution in [2.45, 2.75) is 50.0 Å². The lowest BCUT2D eigenvalue weighted by Crippen LogP contribution is -2.64. The predicted octanol–water partition coefficient (Wildman–Crippen LogP) is 3.86. The van der Waals surface area contributed by atoms with Crippen molar-refractivity contribution in [2.75, 3.05) is 13.2 Å². The minimum atomic E-state index is -1.28. The van der Waals surface area contributed by atoms with Crippen molar-refractivity contribution in [3.05, 3.63) is 108 Å². The van der Waals surface area contributed by atoms with E-state index in [1.54, 1.807) is 0 Å². The summed E-state index contributed by atoms with van der Waals surface area (Å²) in [4.78, 5) is 0. The molecule has 34 heavy (non-hydrogen) atoms. The topological polar surface area (TPSA) is 66.4 Å². The predicted molar refractivity (Wildman–Crippen MR) is 126 cm³/mol. The number of ether oxygens (including phenoxy) is 5. The summed E-state index contributed by atoms with van der Waals surface area (Å²) >= 11 is 0. The second-order valence-corrected chi connectivity index (χ2v) is 8.68. The zero-order chi connectivity index (χ0) is 23.2. The number of hydrogen-bond donors (Lipinski definition) is 1. The number of benzene rings is 3. The van der Waals surface area contributed by atoms with Gasteiger partial charge in [-0.15, -0.1) is 0 Å². The molecule has 0 aromatic heterocycles. The Morgan fingerprint density at radius 3 is 1.65 bits per heavy atom. The first-order chi connectivity index (χ1) is 16.8. The molecule has 1 N–H and O–H groups in total. The van der Waals surface area contributed by atoms with E-state index in [1.807, 2.05) is 91.0 Å². The van der Waals surface area contributed by atoms with Gasteiger partial charge in [-0.25, -0.2) is 0 Å². The van der Waals surface area contributed by atoms with Crippen LogP contribution < -0.4 is 0 Å². The molecule has 6 heteroatoms. The molecule has 6 nitrogen and oxygen atoms in total. The van der Waals surface area contributed by atoms with Gasteiger partial charge in [0.1, 0.15) is 31.0 Å². The van der Waals surface area contributed by atoms with Crippen LogP contribution >= 0.6 is 0 Å². The first-order valence-electron chi connectivity index (χ1n) is 11.7. The maximum absolute atomic E-state index is 10.3. The summed E-state index contributed by atoms with van der Waals surface area (Å²) in [6.45, 7) is 1.10. The van der Waals surface area contributed by atoms with Gasteiger partial charge < -0.3 is 28.8 Å². The summed E-state index contributed by atoms with van der Waals surface area (Å²) in [5, 5.41) is 10.3. The highest BCUT2D eigenvalue weighted by Gasteiger charge is 2.61. The van der Waals surface area contributed by atoms with Crippen molar-refractivity contribution in [1.82, 2.24) is 0 Å². The molecule has 2 bridgehead atoms. The van der Waals surface area contributed by atoms with E-state index in [0.29, 0.717) is 26.4 Å². The minimum absolute atomic E-state index is 0.302. The van der Waals surface area contributed by atoms with Crippen molar-refractivity contribution >= 4 is 0 Å². The number of rotatable bonds is 10. The molecule has 2 heterocycles. The van der Waals surface area contributed by atoms with E-state index < -0.39 is 24.1 Å². The average Bonchev–Trinajstić information content (AvgIpc) is 3.29. The van der Waals surface area contributed by atoms with Crippen molar-refractivity contribution in [3.63, 3.8) is 0 Å². The quantitative estimate of drug-likeness (QED) is 0.494. The van der Waals surface area contributed by atoms with E-state index in [2.05, 4.69) is 0 Å². The SMILES string of the molecule is OC[C@]12OC[C@@H](O1)[C@@H](OCc1ccccc1)[C@H](OCc1ccccc1)[C@H]2OCc1ccccc1. The van der Waals surface area contributed by atoms with Crippen molar-refractivity contribution < 1.29 is 28.8 Å². The lowest BCUT2D eigenvalue weighted by molar-refractivity contribution is -0.330. The summed E-state index contributed by atoms with van der Waals surface area (Å²) in [6.07, 6.45) is -1.97. The Labute approximate surface area is 200 Å². The van der Waals surface area contributed by atoms with E-state index in [-0.39, 0.29) is 12.7 Å². The number of fused-ring (bicyclic) bond motifs is 2. The Hall–Kier alpha value is -2.58. The lowest BCUT2D eigenvalue weighted by Gasteiger charge is -2.45. The minimum Gasteiger partial charge on any atom is -0.391 e. The molecular weight excluding hydrogens is 432 g/mol. The number of hydrogen-bond acceptors (Lipinski definition) is 6. The third-order valence-electron chi connectivity index (χ3n) is 6.33. The molecule has 5 atom stereocenters. The molecule has 0 radical (unpaired) electrons. The van der Waals surface area contributed by atoms with E-state index in [9.17, 15) is 5.11 Å². The molecule has 2 aliphatic heterocycles. The summed E-state index contributed by atoms with van der Waals surface area (Å²) in [5.74, 6) is -1.28. The first kappa shape index (κ1) is 23.2. The monoisotopic (exact) mass is 462 g/mol. The molecule has 3 aromatic rings. The Kier molecular flexibility index (Phi) is 7.35. The Bertz CT molecular complexity index is 1010. The second kappa shape index (κ2) is 10.8.